The molecule has 204 valence electrons. The predicted molar refractivity (Wildman–Crippen MR) is 149 cm³/mol. The van der Waals surface area contributed by atoms with Crippen LogP contribution in [0.25, 0.3) is 21.8 Å². The maximum absolute atomic E-state index is 14.7. The number of carbonyl (C=O) groups excluding carboxylic acids is 1. The molecule has 11 heteroatoms. The number of likely N-dealkylation sites (N-methyl/N-ethyl adjacent to an activating group) is 1. The number of aromatic nitrogens is 4. The minimum Gasteiger partial charge on any atom is -0.462 e. The molecule has 0 spiro atoms. The van der Waals surface area contributed by atoms with E-state index in [2.05, 4.69) is 37.6 Å². The van der Waals surface area contributed by atoms with Gasteiger partial charge in [0.25, 0.3) is 5.91 Å². The molecule has 10 nitrogen and oxygen atoms in total. The lowest BCUT2D eigenvalue weighted by Gasteiger charge is -2.32. The summed E-state index contributed by atoms with van der Waals surface area (Å²) in [6.45, 7) is 4.99. The summed E-state index contributed by atoms with van der Waals surface area (Å²) in [7, 11) is 3.85. The van der Waals surface area contributed by atoms with Crippen LogP contribution in [-0.2, 0) is 7.05 Å². The standard InChI is InChI=1S/C28H33FN8O2/c1-35-10-4-3-5-20(35)17-39-28-31-15-22-24(37-11-8-30-9-12-37)7-6-21(26(22)33-28)27(38)32-19-13-18-16-36(2)34-25(18)23(29)14-19/h6-7,13-16,20,30H,3-5,8-12,17H2,1-2H3,(H,32,38). The number of anilines is 2. The average Bonchev–Trinajstić information content (AvgIpc) is 3.33. The second kappa shape index (κ2) is 10.7. The molecule has 39 heavy (non-hydrogen) atoms. The first-order valence-corrected chi connectivity index (χ1v) is 13.5. The van der Waals surface area contributed by atoms with Gasteiger partial charge < -0.3 is 25.2 Å². The van der Waals surface area contributed by atoms with E-state index in [9.17, 15) is 9.18 Å². The van der Waals surface area contributed by atoms with Gasteiger partial charge in [-0.05, 0) is 50.7 Å². The molecule has 4 heterocycles. The largest absolute Gasteiger partial charge is 0.462 e. The Kier molecular flexibility index (Phi) is 7.01. The number of piperazine rings is 1. The van der Waals surface area contributed by atoms with Gasteiger partial charge in [0.2, 0.25) is 0 Å². The minimum absolute atomic E-state index is 0.246. The zero-order chi connectivity index (χ0) is 26.9. The van der Waals surface area contributed by atoms with Gasteiger partial charge in [0.1, 0.15) is 12.1 Å². The van der Waals surface area contributed by atoms with Crippen LogP contribution in [0, 0.1) is 5.82 Å². The molecule has 2 aromatic carbocycles. The SMILES string of the molecule is CN1CCCCC1COc1ncc2c(N3CCNCC3)ccc(C(=O)Nc3cc(F)c4nn(C)cc4c3)c2n1. The van der Waals surface area contributed by atoms with E-state index in [1.54, 1.807) is 36.3 Å². The smallest absolute Gasteiger partial charge is 0.316 e. The molecule has 1 atom stereocenters. The maximum Gasteiger partial charge on any atom is 0.316 e. The highest BCUT2D eigenvalue weighted by atomic mass is 19.1. The predicted octanol–water partition coefficient (Wildman–Crippen LogP) is 3.18. The Labute approximate surface area is 226 Å². The number of amides is 1. The van der Waals surface area contributed by atoms with E-state index >= 15 is 0 Å². The summed E-state index contributed by atoms with van der Waals surface area (Å²) in [5.74, 6) is -0.876. The van der Waals surface area contributed by atoms with Crippen molar-refractivity contribution < 1.29 is 13.9 Å². The number of nitrogens with zero attached hydrogens (tertiary/aromatic N) is 6. The van der Waals surface area contributed by atoms with Crippen LogP contribution in [0.3, 0.4) is 0 Å². The number of nitrogens with one attached hydrogen (secondary N) is 2. The number of piperidine rings is 1. The summed E-state index contributed by atoms with van der Waals surface area (Å²) in [5, 5.41) is 11.7. The number of likely N-dealkylation sites (tertiary alicyclic amines) is 1. The molecule has 0 saturated carbocycles. The monoisotopic (exact) mass is 532 g/mol. The fraction of sp³-hybridized carbons (Fsp3) is 0.429. The highest BCUT2D eigenvalue weighted by Gasteiger charge is 2.23. The number of carbonyl (C=O) groups is 1. The number of aryl methyl sites for hydroxylation is 1. The van der Waals surface area contributed by atoms with E-state index in [4.69, 9.17) is 9.72 Å². The summed E-state index contributed by atoms with van der Waals surface area (Å²) < 4.78 is 22.3. The molecule has 0 radical (unpaired) electrons. The zero-order valence-corrected chi connectivity index (χ0v) is 22.3. The highest BCUT2D eigenvalue weighted by Crippen LogP contribution is 2.31. The third-order valence-corrected chi connectivity index (χ3v) is 7.67. The number of rotatable bonds is 6. The fourth-order valence-electron chi connectivity index (χ4n) is 5.53. The summed E-state index contributed by atoms with van der Waals surface area (Å²) in [5.41, 5.74) is 2.47. The van der Waals surface area contributed by atoms with Gasteiger partial charge in [-0.25, -0.2) is 9.37 Å². The second-order valence-electron chi connectivity index (χ2n) is 10.4. The van der Waals surface area contributed by atoms with Crippen molar-refractivity contribution in [2.24, 2.45) is 7.05 Å². The van der Waals surface area contributed by atoms with Gasteiger partial charge in [-0.3, -0.25) is 9.48 Å². The molecule has 0 aliphatic carbocycles. The van der Waals surface area contributed by atoms with Gasteiger partial charge in [-0.2, -0.15) is 10.1 Å². The van der Waals surface area contributed by atoms with Crippen molar-refractivity contribution in [1.29, 1.82) is 0 Å². The Morgan fingerprint density at radius 2 is 2.00 bits per heavy atom. The normalized spacial score (nSPS) is 18.5. The molecule has 2 aliphatic rings. The summed E-state index contributed by atoms with van der Waals surface area (Å²) in [6.07, 6.45) is 6.91. The second-order valence-corrected chi connectivity index (χ2v) is 10.4. The summed E-state index contributed by atoms with van der Waals surface area (Å²) >= 11 is 0. The van der Waals surface area contributed by atoms with Crippen molar-refractivity contribution in [3.63, 3.8) is 0 Å². The molecular formula is C28H33FN8O2. The van der Waals surface area contributed by atoms with Crippen molar-refractivity contribution in [3.05, 3.63) is 48.0 Å². The molecule has 1 amide bonds. The van der Waals surface area contributed by atoms with Crippen LogP contribution in [0.2, 0.25) is 0 Å². The third kappa shape index (κ3) is 5.24. The highest BCUT2D eigenvalue weighted by molar-refractivity contribution is 6.14. The molecule has 2 saturated heterocycles. The number of fused-ring (bicyclic) bond motifs is 2. The van der Waals surface area contributed by atoms with Gasteiger partial charge in [-0.15, -0.1) is 0 Å². The van der Waals surface area contributed by atoms with Gasteiger partial charge in [0, 0.05) is 73.8 Å². The van der Waals surface area contributed by atoms with Crippen LogP contribution in [-0.4, -0.2) is 83.0 Å². The fourth-order valence-corrected chi connectivity index (χ4v) is 5.53. The molecule has 2 fully saturated rings. The van der Waals surface area contributed by atoms with E-state index in [1.165, 1.54) is 18.9 Å². The lowest BCUT2D eigenvalue weighted by Crippen LogP contribution is -2.43. The molecule has 1 unspecified atom stereocenters. The topological polar surface area (TPSA) is 100 Å². The average molecular weight is 533 g/mol. The maximum atomic E-state index is 14.7. The van der Waals surface area contributed by atoms with Gasteiger partial charge in [0.05, 0.1) is 11.1 Å². The van der Waals surface area contributed by atoms with Crippen LogP contribution in [0.4, 0.5) is 15.8 Å². The molecular weight excluding hydrogens is 499 g/mol. The first-order valence-electron chi connectivity index (χ1n) is 13.5. The molecule has 4 aromatic rings. The van der Waals surface area contributed by atoms with Crippen molar-refractivity contribution in [2.45, 2.75) is 25.3 Å². The van der Waals surface area contributed by atoms with Crippen LogP contribution in [0.15, 0.2) is 36.7 Å². The Hall–Kier alpha value is -3.83. The van der Waals surface area contributed by atoms with Crippen LogP contribution in [0.1, 0.15) is 29.6 Å². The van der Waals surface area contributed by atoms with Crippen LogP contribution in [0.5, 0.6) is 6.01 Å². The van der Waals surface area contributed by atoms with Crippen molar-refractivity contribution in [1.82, 2.24) is 30.0 Å². The number of benzene rings is 2. The Bertz CT molecular complexity index is 1520. The number of hydrogen-bond donors (Lipinski definition) is 2. The quantitative estimate of drug-likeness (QED) is 0.391. The van der Waals surface area contributed by atoms with E-state index in [-0.39, 0.29) is 17.4 Å². The van der Waals surface area contributed by atoms with Crippen molar-refractivity contribution in [2.75, 3.05) is 56.6 Å². The van der Waals surface area contributed by atoms with Crippen molar-refractivity contribution >= 4 is 39.1 Å². The number of hydrogen-bond acceptors (Lipinski definition) is 8. The summed E-state index contributed by atoms with van der Waals surface area (Å²) in [4.78, 5) is 27.4. The first-order chi connectivity index (χ1) is 19.0. The molecule has 0 bridgehead atoms. The minimum atomic E-state index is -0.493. The number of ether oxygens (including phenoxy) is 1. The molecule has 2 aliphatic heterocycles. The molecule has 6 rings (SSSR count). The van der Waals surface area contributed by atoms with E-state index < -0.39 is 5.82 Å². The van der Waals surface area contributed by atoms with Gasteiger partial charge >= 0.3 is 6.01 Å². The molecule has 2 N–H and O–H groups in total. The van der Waals surface area contributed by atoms with Gasteiger partial charge in [-0.1, -0.05) is 6.42 Å². The summed E-state index contributed by atoms with van der Waals surface area (Å²) in [6, 6.07) is 7.27. The Morgan fingerprint density at radius 1 is 1.15 bits per heavy atom. The van der Waals surface area contributed by atoms with Gasteiger partial charge in [0.15, 0.2) is 5.82 Å². The van der Waals surface area contributed by atoms with E-state index in [0.29, 0.717) is 34.8 Å². The van der Waals surface area contributed by atoms with E-state index in [0.717, 1.165) is 50.2 Å². The first kappa shape index (κ1) is 25.4. The van der Waals surface area contributed by atoms with Crippen LogP contribution >= 0.6 is 0 Å². The Morgan fingerprint density at radius 3 is 2.82 bits per heavy atom. The molecule has 2 aromatic heterocycles. The lowest BCUT2D eigenvalue weighted by molar-refractivity contribution is 0.102. The third-order valence-electron chi connectivity index (χ3n) is 7.67. The van der Waals surface area contributed by atoms with Crippen LogP contribution < -0.4 is 20.3 Å². The lowest BCUT2D eigenvalue weighted by atomic mass is 10.0. The van der Waals surface area contributed by atoms with E-state index in [1.807, 2.05) is 6.07 Å². The zero-order valence-electron chi connectivity index (χ0n) is 22.3. The number of halogens is 1. The van der Waals surface area contributed by atoms with Crippen molar-refractivity contribution in [3.8, 4) is 6.01 Å². The Balaban J connectivity index is 1.33.